The molecule has 0 radical (unpaired) electrons. The summed E-state index contributed by atoms with van der Waals surface area (Å²) in [6, 6.07) is 8.31. The minimum Gasteiger partial charge on any atom is -0.342 e. The van der Waals surface area contributed by atoms with Gasteiger partial charge >= 0.3 is 0 Å². The van der Waals surface area contributed by atoms with Gasteiger partial charge in [-0.15, -0.1) is 0 Å². The van der Waals surface area contributed by atoms with Crippen LogP contribution in [0.25, 0.3) is 11.0 Å². The van der Waals surface area contributed by atoms with E-state index in [4.69, 9.17) is 4.98 Å². The van der Waals surface area contributed by atoms with Crippen molar-refractivity contribution in [3.8, 4) is 0 Å². The fourth-order valence-electron chi connectivity index (χ4n) is 3.13. The summed E-state index contributed by atoms with van der Waals surface area (Å²) in [5.74, 6) is 2.53. The second-order valence-corrected chi connectivity index (χ2v) is 5.99. The molecule has 2 unspecified atom stereocenters. The number of nitrogens with one attached hydrogen (secondary N) is 1. The van der Waals surface area contributed by atoms with E-state index in [0.29, 0.717) is 11.3 Å². The normalized spacial score (nSPS) is 27.7. The summed E-state index contributed by atoms with van der Waals surface area (Å²) >= 11 is 0. The molecular formula is C15H20N2. The van der Waals surface area contributed by atoms with Gasteiger partial charge in [-0.1, -0.05) is 32.9 Å². The van der Waals surface area contributed by atoms with Crippen molar-refractivity contribution in [3.63, 3.8) is 0 Å². The van der Waals surface area contributed by atoms with Crippen molar-refractivity contribution in [1.82, 2.24) is 9.97 Å². The lowest BCUT2D eigenvalue weighted by Gasteiger charge is -2.29. The Kier molecular flexibility index (Phi) is 2.29. The second-order valence-electron chi connectivity index (χ2n) is 5.99. The lowest BCUT2D eigenvalue weighted by Crippen LogP contribution is -2.22. The fraction of sp³-hybridized carbons (Fsp3) is 0.533. The summed E-state index contributed by atoms with van der Waals surface area (Å²) < 4.78 is 0. The molecule has 1 aliphatic carbocycles. The number of nitrogens with zero attached hydrogens (tertiary/aromatic N) is 1. The number of para-hydroxylation sites is 2. The van der Waals surface area contributed by atoms with E-state index in [1.807, 2.05) is 0 Å². The first-order chi connectivity index (χ1) is 8.09. The zero-order valence-electron chi connectivity index (χ0n) is 10.8. The van der Waals surface area contributed by atoms with Gasteiger partial charge in [-0.25, -0.2) is 4.98 Å². The van der Waals surface area contributed by atoms with Crippen molar-refractivity contribution < 1.29 is 0 Å². The third-order valence-electron chi connectivity index (χ3n) is 4.79. The number of imidazole rings is 1. The number of rotatable bonds is 1. The lowest BCUT2D eigenvalue weighted by molar-refractivity contribution is 0.243. The van der Waals surface area contributed by atoms with Crippen molar-refractivity contribution >= 4 is 11.0 Å². The molecule has 1 N–H and O–H groups in total. The third-order valence-corrected chi connectivity index (χ3v) is 4.79. The molecule has 90 valence electrons. The molecule has 1 aromatic carbocycles. The quantitative estimate of drug-likeness (QED) is 0.782. The Morgan fingerprint density at radius 1 is 1.24 bits per heavy atom. The lowest BCUT2D eigenvalue weighted by atomic mass is 9.76. The molecule has 1 heterocycles. The number of benzene rings is 1. The van der Waals surface area contributed by atoms with E-state index in [9.17, 15) is 0 Å². The van der Waals surface area contributed by atoms with E-state index in [2.05, 4.69) is 50.0 Å². The molecule has 1 aromatic heterocycles. The van der Waals surface area contributed by atoms with E-state index < -0.39 is 0 Å². The minimum atomic E-state index is 0.355. The van der Waals surface area contributed by atoms with Gasteiger partial charge in [0.25, 0.3) is 0 Å². The summed E-state index contributed by atoms with van der Waals surface area (Å²) in [5.41, 5.74) is 2.61. The Balaban J connectivity index is 2.04. The summed E-state index contributed by atoms with van der Waals surface area (Å²) in [6.07, 6.45) is 2.57. The zero-order valence-corrected chi connectivity index (χ0v) is 10.8. The number of hydrogen-bond acceptors (Lipinski definition) is 1. The molecule has 17 heavy (non-hydrogen) atoms. The van der Waals surface area contributed by atoms with Gasteiger partial charge in [0.1, 0.15) is 5.82 Å². The molecule has 0 amide bonds. The predicted molar refractivity (Wildman–Crippen MR) is 71.0 cm³/mol. The second kappa shape index (κ2) is 3.59. The van der Waals surface area contributed by atoms with Crippen molar-refractivity contribution in [1.29, 1.82) is 0 Å². The maximum absolute atomic E-state index is 4.77. The van der Waals surface area contributed by atoms with Gasteiger partial charge in [-0.2, -0.15) is 0 Å². The van der Waals surface area contributed by atoms with Crippen LogP contribution in [0.2, 0.25) is 0 Å². The predicted octanol–water partition coefficient (Wildman–Crippen LogP) is 4.10. The first kappa shape index (κ1) is 10.8. The molecular weight excluding hydrogens is 208 g/mol. The van der Waals surface area contributed by atoms with Crippen molar-refractivity contribution in [3.05, 3.63) is 30.1 Å². The Morgan fingerprint density at radius 2 is 2.00 bits per heavy atom. The monoisotopic (exact) mass is 228 g/mol. The average Bonchev–Trinajstić information content (AvgIpc) is 2.81. The first-order valence-electron chi connectivity index (χ1n) is 6.53. The molecule has 0 bridgehead atoms. The fourth-order valence-corrected chi connectivity index (χ4v) is 3.13. The van der Waals surface area contributed by atoms with E-state index in [0.717, 1.165) is 17.0 Å². The third kappa shape index (κ3) is 1.58. The Labute approximate surface area is 102 Å². The standard InChI is InChI=1S/C15H20N2/c1-10-8-9-11(15(10,2)3)14-16-12-6-4-5-7-13(12)17-14/h4-7,10-11H,8-9H2,1-3H3,(H,16,17). The molecule has 2 atom stereocenters. The van der Waals surface area contributed by atoms with Crippen molar-refractivity contribution in [2.75, 3.05) is 0 Å². The molecule has 1 fully saturated rings. The van der Waals surface area contributed by atoms with E-state index in [1.165, 1.54) is 18.7 Å². The zero-order chi connectivity index (χ0) is 12.0. The van der Waals surface area contributed by atoms with Gasteiger partial charge in [-0.05, 0) is 36.3 Å². The maximum Gasteiger partial charge on any atom is 0.110 e. The van der Waals surface area contributed by atoms with Gasteiger partial charge < -0.3 is 4.98 Å². The van der Waals surface area contributed by atoms with Crippen LogP contribution < -0.4 is 0 Å². The Hall–Kier alpha value is -1.31. The Morgan fingerprint density at radius 3 is 2.65 bits per heavy atom. The molecule has 2 heteroatoms. The molecule has 1 aliphatic rings. The molecule has 2 nitrogen and oxygen atoms in total. The van der Waals surface area contributed by atoms with Crippen LogP contribution in [-0.4, -0.2) is 9.97 Å². The van der Waals surface area contributed by atoms with Gasteiger partial charge in [0.15, 0.2) is 0 Å². The van der Waals surface area contributed by atoms with E-state index in [1.54, 1.807) is 0 Å². The molecule has 1 saturated carbocycles. The van der Waals surface area contributed by atoms with Crippen LogP contribution >= 0.6 is 0 Å². The summed E-state index contributed by atoms with van der Waals surface area (Å²) in [4.78, 5) is 8.27. The van der Waals surface area contributed by atoms with Crippen molar-refractivity contribution in [2.45, 2.75) is 39.5 Å². The van der Waals surface area contributed by atoms with Crippen LogP contribution in [0.15, 0.2) is 24.3 Å². The molecule has 0 aliphatic heterocycles. The average molecular weight is 228 g/mol. The highest BCUT2D eigenvalue weighted by atomic mass is 14.9. The maximum atomic E-state index is 4.77. The van der Waals surface area contributed by atoms with Gasteiger partial charge in [0.05, 0.1) is 11.0 Å². The highest BCUT2D eigenvalue weighted by Crippen LogP contribution is 2.51. The van der Waals surface area contributed by atoms with Crippen LogP contribution in [0, 0.1) is 11.3 Å². The van der Waals surface area contributed by atoms with Gasteiger partial charge in [0.2, 0.25) is 0 Å². The minimum absolute atomic E-state index is 0.355. The van der Waals surface area contributed by atoms with Gasteiger partial charge in [-0.3, -0.25) is 0 Å². The van der Waals surface area contributed by atoms with Crippen LogP contribution in [0.1, 0.15) is 45.4 Å². The highest BCUT2D eigenvalue weighted by Gasteiger charge is 2.42. The SMILES string of the molecule is CC1CCC(c2nc3ccccc3[nH]2)C1(C)C. The van der Waals surface area contributed by atoms with E-state index in [-0.39, 0.29) is 0 Å². The smallest absolute Gasteiger partial charge is 0.110 e. The van der Waals surface area contributed by atoms with Crippen LogP contribution in [0.4, 0.5) is 0 Å². The molecule has 3 rings (SSSR count). The topological polar surface area (TPSA) is 28.7 Å². The van der Waals surface area contributed by atoms with Crippen LogP contribution in [0.3, 0.4) is 0 Å². The number of aromatic amines is 1. The number of H-pyrrole nitrogens is 1. The molecule has 0 spiro atoms. The first-order valence-corrected chi connectivity index (χ1v) is 6.53. The summed E-state index contributed by atoms with van der Waals surface area (Å²) in [7, 11) is 0. The molecule has 0 saturated heterocycles. The molecule has 2 aromatic rings. The van der Waals surface area contributed by atoms with E-state index >= 15 is 0 Å². The number of hydrogen-bond donors (Lipinski definition) is 1. The summed E-state index contributed by atoms with van der Waals surface area (Å²) in [6.45, 7) is 7.12. The number of aromatic nitrogens is 2. The van der Waals surface area contributed by atoms with Crippen LogP contribution in [0.5, 0.6) is 0 Å². The largest absolute Gasteiger partial charge is 0.342 e. The number of fused-ring (bicyclic) bond motifs is 1. The van der Waals surface area contributed by atoms with Gasteiger partial charge in [0, 0.05) is 5.92 Å². The van der Waals surface area contributed by atoms with Crippen LogP contribution in [-0.2, 0) is 0 Å². The summed E-state index contributed by atoms with van der Waals surface area (Å²) in [5, 5.41) is 0. The Bertz CT molecular complexity index is 506. The highest BCUT2D eigenvalue weighted by molar-refractivity contribution is 5.74. The van der Waals surface area contributed by atoms with Crippen molar-refractivity contribution in [2.24, 2.45) is 11.3 Å².